The summed E-state index contributed by atoms with van der Waals surface area (Å²) in [5.74, 6) is 0. The molecule has 14 heavy (non-hydrogen) atoms. The van der Waals surface area contributed by atoms with Crippen molar-refractivity contribution < 1.29 is 0 Å². The van der Waals surface area contributed by atoms with E-state index in [1.165, 1.54) is 45.3 Å². The number of hydrogen-bond donors (Lipinski definition) is 1. The maximum absolute atomic E-state index is 5.66. The Labute approximate surface area is 87.2 Å². The van der Waals surface area contributed by atoms with Crippen molar-refractivity contribution in [2.24, 2.45) is 5.73 Å². The Balaban J connectivity index is 1.89. The van der Waals surface area contributed by atoms with E-state index in [2.05, 4.69) is 16.8 Å². The summed E-state index contributed by atoms with van der Waals surface area (Å²) in [5, 5.41) is 0. The van der Waals surface area contributed by atoms with Gasteiger partial charge in [-0.2, -0.15) is 0 Å². The molecule has 82 valence electrons. The Morgan fingerprint density at radius 2 is 2.14 bits per heavy atom. The molecule has 2 saturated heterocycles. The third-order valence-electron chi connectivity index (χ3n) is 3.76. The second-order valence-electron chi connectivity index (χ2n) is 4.82. The summed E-state index contributed by atoms with van der Waals surface area (Å²) in [5.41, 5.74) is 5.66. The lowest BCUT2D eigenvalue weighted by atomic mass is 10.1. The van der Waals surface area contributed by atoms with E-state index in [0.717, 1.165) is 18.6 Å². The van der Waals surface area contributed by atoms with Gasteiger partial charge in [0.1, 0.15) is 0 Å². The van der Waals surface area contributed by atoms with E-state index >= 15 is 0 Å². The van der Waals surface area contributed by atoms with Crippen molar-refractivity contribution in [3.63, 3.8) is 0 Å². The number of nitrogens with two attached hydrogens (primary N) is 1. The first-order valence-electron chi connectivity index (χ1n) is 5.95. The van der Waals surface area contributed by atoms with Gasteiger partial charge in [0, 0.05) is 18.6 Å². The number of hydrogen-bond acceptors (Lipinski definition) is 3. The van der Waals surface area contributed by atoms with Crippen molar-refractivity contribution in [2.45, 2.75) is 37.8 Å². The smallest absolute Gasteiger partial charge is 0.0238 e. The van der Waals surface area contributed by atoms with Gasteiger partial charge in [0.15, 0.2) is 0 Å². The maximum Gasteiger partial charge on any atom is 0.0238 e. The molecule has 2 atom stereocenters. The molecule has 2 rings (SSSR count). The first-order valence-corrected chi connectivity index (χ1v) is 5.95. The molecule has 2 aliphatic heterocycles. The summed E-state index contributed by atoms with van der Waals surface area (Å²) >= 11 is 0. The fourth-order valence-electron chi connectivity index (χ4n) is 3.02. The van der Waals surface area contributed by atoms with Gasteiger partial charge in [-0.05, 0) is 52.4 Å². The Morgan fingerprint density at radius 1 is 1.29 bits per heavy atom. The maximum atomic E-state index is 5.66. The van der Waals surface area contributed by atoms with Crippen LogP contribution >= 0.6 is 0 Å². The number of likely N-dealkylation sites (N-methyl/N-ethyl adjacent to an activating group) is 1. The number of rotatable bonds is 3. The zero-order valence-corrected chi connectivity index (χ0v) is 9.28. The van der Waals surface area contributed by atoms with Gasteiger partial charge in [-0.3, -0.25) is 4.90 Å². The predicted molar refractivity (Wildman–Crippen MR) is 59.3 cm³/mol. The Bertz CT molecular complexity index is 183. The molecule has 0 saturated carbocycles. The first-order chi connectivity index (χ1) is 6.81. The molecule has 0 aromatic carbocycles. The Kier molecular flexibility index (Phi) is 3.42. The van der Waals surface area contributed by atoms with Crippen LogP contribution in [0.2, 0.25) is 0 Å². The molecule has 0 spiro atoms. The normalized spacial score (nSPS) is 35.6. The fraction of sp³-hybridized carbons (Fsp3) is 1.00. The lowest BCUT2D eigenvalue weighted by Gasteiger charge is -2.30. The second kappa shape index (κ2) is 4.60. The highest BCUT2D eigenvalue weighted by molar-refractivity contribution is 4.89. The summed E-state index contributed by atoms with van der Waals surface area (Å²) in [7, 11) is 2.23. The quantitative estimate of drug-likeness (QED) is 0.715. The van der Waals surface area contributed by atoms with Crippen molar-refractivity contribution in [1.29, 1.82) is 0 Å². The second-order valence-corrected chi connectivity index (χ2v) is 4.82. The van der Waals surface area contributed by atoms with Gasteiger partial charge in [0.25, 0.3) is 0 Å². The third-order valence-corrected chi connectivity index (χ3v) is 3.76. The highest BCUT2D eigenvalue weighted by Crippen LogP contribution is 2.26. The van der Waals surface area contributed by atoms with Crippen LogP contribution in [0.15, 0.2) is 0 Å². The molecule has 0 radical (unpaired) electrons. The van der Waals surface area contributed by atoms with Crippen LogP contribution in [0.5, 0.6) is 0 Å². The van der Waals surface area contributed by atoms with Crippen LogP contribution in [0.1, 0.15) is 25.7 Å². The highest BCUT2D eigenvalue weighted by Gasteiger charge is 2.33. The molecule has 0 amide bonds. The molecule has 0 aromatic rings. The minimum atomic E-state index is 0.788. The summed E-state index contributed by atoms with van der Waals surface area (Å²) in [4.78, 5) is 5.17. The molecule has 0 aliphatic carbocycles. The van der Waals surface area contributed by atoms with Gasteiger partial charge in [-0.1, -0.05) is 0 Å². The van der Waals surface area contributed by atoms with Crippen molar-refractivity contribution in [3.05, 3.63) is 0 Å². The van der Waals surface area contributed by atoms with Gasteiger partial charge in [-0.15, -0.1) is 0 Å². The molecule has 0 aromatic heterocycles. The van der Waals surface area contributed by atoms with E-state index in [9.17, 15) is 0 Å². The van der Waals surface area contributed by atoms with E-state index in [4.69, 9.17) is 5.73 Å². The molecular formula is C11H23N3. The zero-order chi connectivity index (χ0) is 9.97. The predicted octanol–water partition coefficient (Wildman–Crippen LogP) is 0.504. The van der Waals surface area contributed by atoms with E-state index in [1.54, 1.807) is 0 Å². The third kappa shape index (κ3) is 2.10. The molecular weight excluding hydrogens is 174 g/mol. The van der Waals surface area contributed by atoms with Gasteiger partial charge >= 0.3 is 0 Å². The van der Waals surface area contributed by atoms with Crippen LogP contribution in [0.25, 0.3) is 0 Å². The lowest BCUT2D eigenvalue weighted by molar-refractivity contribution is 0.176. The van der Waals surface area contributed by atoms with E-state index in [0.29, 0.717) is 0 Å². The van der Waals surface area contributed by atoms with Crippen molar-refractivity contribution in [1.82, 2.24) is 9.80 Å². The topological polar surface area (TPSA) is 32.5 Å². The Hall–Kier alpha value is -0.120. The summed E-state index contributed by atoms with van der Waals surface area (Å²) < 4.78 is 0. The highest BCUT2D eigenvalue weighted by atomic mass is 15.3. The lowest BCUT2D eigenvalue weighted by Crippen LogP contribution is -2.41. The Morgan fingerprint density at radius 3 is 2.79 bits per heavy atom. The molecule has 2 N–H and O–H groups in total. The van der Waals surface area contributed by atoms with Crippen LogP contribution in [0.3, 0.4) is 0 Å². The summed E-state index contributed by atoms with van der Waals surface area (Å²) in [6.07, 6.45) is 5.31. The zero-order valence-electron chi connectivity index (χ0n) is 9.28. The van der Waals surface area contributed by atoms with Crippen molar-refractivity contribution >= 4 is 0 Å². The monoisotopic (exact) mass is 197 g/mol. The van der Waals surface area contributed by atoms with Crippen LogP contribution in [-0.4, -0.2) is 55.1 Å². The SMILES string of the molecule is CN1CCC(N2CCCC2CCN)C1. The minimum absolute atomic E-state index is 0.788. The fourth-order valence-corrected chi connectivity index (χ4v) is 3.02. The average molecular weight is 197 g/mol. The number of likely N-dealkylation sites (tertiary alicyclic amines) is 2. The minimum Gasteiger partial charge on any atom is -0.330 e. The number of nitrogens with zero attached hydrogens (tertiary/aromatic N) is 2. The largest absolute Gasteiger partial charge is 0.330 e. The molecule has 2 fully saturated rings. The van der Waals surface area contributed by atoms with Gasteiger partial charge in [0.05, 0.1) is 0 Å². The standard InChI is InChI=1S/C11H23N3/c1-13-8-5-11(9-13)14-7-2-3-10(14)4-6-12/h10-11H,2-9,12H2,1H3. The van der Waals surface area contributed by atoms with Crippen LogP contribution in [0, 0.1) is 0 Å². The van der Waals surface area contributed by atoms with E-state index in [1.807, 2.05) is 0 Å². The van der Waals surface area contributed by atoms with Gasteiger partial charge in [0.2, 0.25) is 0 Å². The van der Waals surface area contributed by atoms with Crippen LogP contribution < -0.4 is 5.73 Å². The average Bonchev–Trinajstić information content (AvgIpc) is 2.74. The van der Waals surface area contributed by atoms with Crippen LogP contribution in [-0.2, 0) is 0 Å². The van der Waals surface area contributed by atoms with Crippen molar-refractivity contribution in [3.8, 4) is 0 Å². The van der Waals surface area contributed by atoms with E-state index in [-0.39, 0.29) is 0 Å². The van der Waals surface area contributed by atoms with E-state index < -0.39 is 0 Å². The van der Waals surface area contributed by atoms with Gasteiger partial charge < -0.3 is 10.6 Å². The summed E-state index contributed by atoms with van der Waals surface area (Å²) in [6.45, 7) is 4.70. The van der Waals surface area contributed by atoms with Gasteiger partial charge in [-0.25, -0.2) is 0 Å². The first kappa shape index (κ1) is 10.4. The summed E-state index contributed by atoms with van der Waals surface area (Å²) in [6, 6.07) is 1.61. The molecule has 2 heterocycles. The molecule has 0 bridgehead atoms. The molecule has 2 aliphatic rings. The van der Waals surface area contributed by atoms with Crippen LogP contribution in [0.4, 0.5) is 0 Å². The van der Waals surface area contributed by atoms with Crippen molar-refractivity contribution in [2.75, 3.05) is 33.2 Å². The molecule has 3 nitrogen and oxygen atoms in total. The molecule has 3 heteroatoms. The molecule has 2 unspecified atom stereocenters.